The van der Waals surface area contributed by atoms with Crippen LogP contribution in [-0.4, -0.2) is 9.13 Å². The van der Waals surface area contributed by atoms with Crippen LogP contribution in [0.15, 0.2) is 224 Å². The summed E-state index contributed by atoms with van der Waals surface area (Å²) in [6, 6.07) is 83.6. The number of benzene rings is 10. The van der Waals surface area contributed by atoms with Crippen LogP contribution in [-0.2, 0) is 6.42 Å². The molecule has 0 aliphatic carbocycles. The van der Waals surface area contributed by atoms with Crippen molar-refractivity contribution in [2.45, 2.75) is 6.42 Å². The Morgan fingerprint density at radius 3 is 1.58 bits per heavy atom. The van der Waals surface area contributed by atoms with Crippen molar-refractivity contribution in [2.24, 2.45) is 0 Å². The highest BCUT2D eigenvalue weighted by molar-refractivity contribution is 6.19. The third-order valence-electron chi connectivity index (χ3n) is 13.9. The zero-order valence-electron chi connectivity index (χ0n) is 34.9. The van der Waals surface area contributed by atoms with E-state index in [1.54, 1.807) is 0 Å². The van der Waals surface area contributed by atoms with Crippen molar-refractivity contribution in [1.29, 1.82) is 0 Å². The van der Waals surface area contributed by atoms with E-state index in [0.29, 0.717) is 0 Å². The zero-order valence-corrected chi connectivity index (χ0v) is 34.9. The fraction of sp³-hybridized carbons (Fsp3) is 0.0164. The smallest absolute Gasteiger partial charge is 0.0703 e. The molecule has 12 aromatic rings. The van der Waals surface area contributed by atoms with E-state index in [2.05, 4.69) is 238 Å². The van der Waals surface area contributed by atoms with Crippen LogP contribution in [0.2, 0.25) is 0 Å². The predicted molar refractivity (Wildman–Crippen MR) is 268 cm³/mol. The Bertz CT molecular complexity index is 3880. The Balaban J connectivity index is 1.21. The lowest BCUT2D eigenvalue weighted by Gasteiger charge is -2.31. The SMILES string of the molecule is c1ccc(N2c3ccccc3-c3ccccc3-c3cccc4c5cc6c(cc5n(c34)-c3ccccc32)-c2ccccc2-c2ccccc2Cc2cccc3c4ccccc4n-6c23)cc1. The Morgan fingerprint density at radius 2 is 0.781 bits per heavy atom. The van der Waals surface area contributed by atoms with Gasteiger partial charge in [0, 0.05) is 50.3 Å². The molecule has 3 nitrogen and oxygen atoms in total. The Morgan fingerprint density at radius 1 is 0.266 bits per heavy atom. The lowest BCUT2D eigenvalue weighted by molar-refractivity contribution is 1.13. The monoisotopic (exact) mass is 813 g/mol. The minimum absolute atomic E-state index is 0.828. The molecule has 0 saturated heterocycles. The van der Waals surface area contributed by atoms with Crippen molar-refractivity contribution in [1.82, 2.24) is 9.13 Å². The van der Waals surface area contributed by atoms with Crippen LogP contribution < -0.4 is 4.90 Å². The van der Waals surface area contributed by atoms with Crippen LogP contribution in [0.4, 0.5) is 17.1 Å². The van der Waals surface area contributed by atoms with Gasteiger partial charge in [-0.3, -0.25) is 0 Å². The topological polar surface area (TPSA) is 13.1 Å². The van der Waals surface area contributed by atoms with Gasteiger partial charge in [0.1, 0.15) is 0 Å². The highest BCUT2D eigenvalue weighted by Gasteiger charge is 2.29. The maximum atomic E-state index is 2.58. The molecule has 2 aliphatic rings. The number of nitrogens with zero attached hydrogens (tertiary/aromatic N) is 3. The average molecular weight is 814 g/mol. The summed E-state index contributed by atoms with van der Waals surface area (Å²) >= 11 is 0. The minimum atomic E-state index is 0.828. The first-order chi connectivity index (χ1) is 31.8. The molecule has 0 atom stereocenters. The van der Waals surface area contributed by atoms with Gasteiger partial charge in [-0.1, -0.05) is 176 Å². The lowest BCUT2D eigenvalue weighted by Crippen LogP contribution is -2.15. The number of anilines is 3. The molecule has 0 spiro atoms. The maximum absolute atomic E-state index is 2.58. The molecule has 0 N–H and O–H groups in total. The molecular formula is C61H39N3. The fourth-order valence-electron chi connectivity index (χ4n) is 11.2. The van der Waals surface area contributed by atoms with E-state index in [1.165, 1.54) is 99.4 Å². The van der Waals surface area contributed by atoms with Crippen molar-refractivity contribution < 1.29 is 0 Å². The number of fused-ring (bicyclic) bond motifs is 18. The third-order valence-corrected chi connectivity index (χ3v) is 13.9. The second-order valence-corrected chi connectivity index (χ2v) is 17.2. The molecule has 0 unspecified atom stereocenters. The minimum Gasteiger partial charge on any atom is -0.308 e. The second-order valence-electron chi connectivity index (χ2n) is 17.2. The van der Waals surface area contributed by atoms with Crippen LogP contribution in [0.25, 0.3) is 99.5 Å². The van der Waals surface area contributed by atoms with Gasteiger partial charge in [-0.05, 0) is 87.5 Å². The molecule has 0 radical (unpaired) electrons. The van der Waals surface area contributed by atoms with Crippen molar-refractivity contribution >= 4 is 60.7 Å². The molecule has 64 heavy (non-hydrogen) atoms. The predicted octanol–water partition coefficient (Wildman–Crippen LogP) is 16.2. The molecule has 0 amide bonds. The van der Waals surface area contributed by atoms with Crippen molar-refractivity contribution in [3.8, 4) is 55.9 Å². The van der Waals surface area contributed by atoms with Crippen molar-refractivity contribution in [3.05, 3.63) is 236 Å². The van der Waals surface area contributed by atoms with Gasteiger partial charge in [0.05, 0.1) is 44.8 Å². The highest BCUT2D eigenvalue weighted by Crippen LogP contribution is 2.52. The lowest BCUT2D eigenvalue weighted by atomic mass is 9.87. The maximum Gasteiger partial charge on any atom is 0.0703 e. The first kappa shape index (κ1) is 35.2. The molecule has 2 aliphatic heterocycles. The Kier molecular flexibility index (Phi) is 7.46. The summed E-state index contributed by atoms with van der Waals surface area (Å²) in [6.45, 7) is 0. The molecular weight excluding hydrogens is 775 g/mol. The number of aromatic nitrogens is 2. The van der Waals surface area contributed by atoms with Gasteiger partial charge >= 0.3 is 0 Å². The summed E-state index contributed by atoms with van der Waals surface area (Å²) in [5.74, 6) is 0. The van der Waals surface area contributed by atoms with Crippen LogP contribution in [0.5, 0.6) is 0 Å². The Hall–Kier alpha value is -8.40. The Labute approximate surface area is 371 Å². The highest BCUT2D eigenvalue weighted by atomic mass is 15.2. The summed E-state index contributed by atoms with van der Waals surface area (Å²) < 4.78 is 5.15. The van der Waals surface area contributed by atoms with Gasteiger partial charge in [0.2, 0.25) is 0 Å². The van der Waals surface area contributed by atoms with Crippen molar-refractivity contribution in [3.63, 3.8) is 0 Å². The molecule has 2 aromatic heterocycles. The quantitative estimate of drug-likeness (QED) is 0.161. The zero-order chi connectivity index (χ0) is 41.9. The summed E-state index contributed by atoms with van der Waals surface area (Å²) in [5.41, 5.74) is 22.8. The van der Waals surface area contributed by atoms with E-state index < -0.39 is 0 Å². The molecule has 0 saturated carbocycles. The van der Waals surface area contributed by atoms with Gasteiger partial charge in [-0.25, -0.2) is 0 Å². The summed E-state index contributed by atoms with van der Waals surface area (Å²) in [7, 11) is 0. The summed E-state index contributed by atoms with van der Waals surface area (Å²) in [4.78, 5) is 2.46. The van der Waals surface area contributed by atoms with E-state index in [1.807, 2.05) is 0 Å². The van der Waals surface area contributed by atoms with Gasteiger partial charge < -0.3 is 14.0 Å². The summed E-state index contributed by atoms with van der Waals surface area (Å²) in [5, 5.41) is 4.97. The van der Waals surface area contributed by atoms with Crippen LogP contribution >= 0.6 is 0 Å². The normalized spacial score (nSPS) is 12.6. The average Bonchev–Trinajstić information content (AvgIpc) is 3.87. The third kappa shape index (κ3) is 4.92. The standard InChI is InChI=1S/C61H39N3/c1-2-20-41(21-3-1)62-54-32-12-10-27-47(54)44-24-7-8-25-45(44)49-30-17-31-51-53-38-58-52(37-59(53)64(61(49)51)57-35-15-14-34-56(57)62)46-26-9-6-23-43(46)42-22-5-4-18-39(42)36-40-19-16-29-50-48-28-11-13-33-55(48)63(58)60(40)50/h1-35,37-38H,36H2. The van der Waals surface area contributed by atoms with Gasteiger partial charge in [0.25, 0.3) is 0 Å². The van der Waals surface area contributed by atoms with Crippen LogP contribution in [0.1, 0.15) is 11.1 Å². The molecule has 0 fully saturated rings. The molecule has 10 aromatic carbocycles. The molecule has 4 heterocycles. The first-order valence-electron chi connectivity index (χ1n) is 22.2. The second kappa shape index (κ2) is 13.5. The largest absolute Gasteiger partial charge is 0.308 e. The number of rotatable bonds is 1. The first-order valence-corrected chi connectivity index (χ1v) is 22.2. The van der Waals surface area contributed by atoms with E-state index in [4.69, 9.17) is 0 Å². The van der Waals surface area contributed by atoms with E-state index in [-0.39, 0.29) is 0 Å². The van der Waals surface area contributed by atoms with E-state index in [9.17, 15) is 0 Å². The van der Waals surface area contributed by atoms with Crippen molar-refractivity contribution in [2.75, 3.05) is 4.90 Å². The molecule has 0 bridgehead atoms. The van der Waals surface area contributed by atoms with Gasteiger partial charge in [-0.2, -0.15) is 0 Å². The van der Waals surface area contributed by atoms with Gasteiger partial charge in [-0.15, -0.1) is 0 Å². The molecule has 14 rings (SSSR count). The number of hydrogen-bond acceptors (Lipinski definition) is 1. The fourth-order valence-corrected chi connectivity index (χ4v) is 11.2. The number of hydrogen-bond donors (Lipinski definition) is 0. The van der Waals surface area contributed by atoms with E-state index >= 15 is 0 Å². The van der Waals surface area contributed by atoms with Crippen LogP contribution in [0.3, 0.4) is 0 Å². The van der Waals surface area contributed by atoms with E-state index in [0.717, 1.165) is 34.7 Å². The van der Waals surface area contributed by atoms with Gasteiger partial charge in [0.15, 0.2) is 0 Å². The van der Waals surface area contributed by atoms with Crippen LogP contribution in [0, 0.1) is 0 Å². The molecule has 298 valence electrons. The molecule has 3 heteroatoms. The number of para-hydroxylation sites is 7. The summed E-state index contributed by atoms with van der Waals surface area (Å²) in [6.07, 6.45) is 0.828.